The van der Waals surface area contributed by atoms with Crippen molar-refractivity contribution in [1.29, 1.82) is 0 Å². The summed E-state index contributed by atoms with van der Waals surface area (Å²) in [6, 6.07) is 4.45. The Hall–Kier alpha value is -1.40. The number of amides is 2. The van der Waals surface area contributed by atoms with E-state index in [1.807, 2.05) is 13.0 Å². The summed E-state index contributed by atoms with van der Waals surface area (Å²) in [4.78, 5) is 22.2. The Balaban J connectivity index is 2.67. The molecule has 1 rings (SSSR count). The summed E-state index contributed by atoms with van der Waals surface area (Å²) in [7, 11) is 0. The van der Waals surface area contributed by atoms with Gasteiger partial charge in [-0.15, -0.1) is 0 Å². The van der Waals surface area contributed by atoms with Gasteiger partial charge in [-0.25, -0.2) is 0 Å². The Bertz CT molecular complexity index is 448. The van der Waals surface area contributed by atoms with Crippen molar-refractivity contribution in [1.82, 2.24) is 0 Å². The van der Waals surface area contributed by atoms with Gasteiger partial charge in [0.05, 0.1) is 12.5 Å². The van der Waals surface area contributed by atoms with Crippen molar-refractivity contribution in [2.75, 3.05) is 5.32 Å². The van der Waals surface area contributed by atoms with E-state index >= 15 is 0 Å². The average Bonchev–Trinajstić information content (AvgIpc) is 2.22. The van der Waals surface area contributed by atoms with E-state index in [1.165, 1.54) is 0 Å². The number of aryl methyl sites for hydroxylation is 1. The SMILES string of the molecule is Cc1cc(NC(=O)C(N)CC(N)=O)ccc1Br. The van der Waals surface area contributed by atoms with Crippen LogP contribution in [0.4, 0.5) is 5.69 Å². The second kappa shape index (κ2) is 5.79. The summed E-state index contributed by atoms with van der Waals surface area (Å²) in [5, 5.41) is 2.62. The first-order valence-corrected chi connectivity index (χ1v) is 5.80. The van der Waals surface area contributed by atoms with Crippen molar-refractivity contribution in [2.24, 2.45) is 11.5 Å². The Morgan fingerprint density at radius 1 is 1.47 bits per heavy atom. The van der Waals surface area contributed by atoms with Gasteiger partial charge in [-0.3, -0.25) is 9.59 Å². The lowest BCUT2D eigenvalue weighted by Crippen LogP contribution is -2.38. The quantitative estimate of drug-likeness (QED) is 0.770. The predicted octanol–water partition coefficient (Wildman–Crippen LogP) is 0.899. The van der Waals surface area contributed by atoms with E-state index in [1.54, 1.807) is 12.1 Å². The zero-order chi connectivity index (χ0) is 13.0. The molecular formula is C11H14BrN3O2. The molecule has 0 radical (unpaired) electrons. The minimum Gasteiger partial charge on any atom is -0.370 e. The van der Waals surface area contributed by atoms with E-state index in [2.05, 4.69) is 21.2 Å². The number of rotatable bonds is 4. The first-order valence-electron chi connectivity index (χ1n) is 5.01. The zero-order valence-corrected chi connectivity index (χ0v) is 11.0. The topological polar surface area (TPSA) is 98.2 Å². The number of nitrogens with two attached hydrogens (primary N) is 2. The standard InChI is InChI=1S/C11H14BrN3O2/c1-6-4-7(2-3-8(6)12)15-11(17)9(13)5-10(14)16/h2-4,9H,5,13H2,1H3,(H2,14,16)(H,15,17). The highest BCUT2D eigenvalue weighted by atomic mass is 79.9. The molecule has 2 amide bonds. The largest absolute Gasteiger partial charge is 0.370 e. The lowest BCUT2D eigenvalue weighted by molar-refractivity contribution is -0.123. The third-order valence-corrected chi connectivity index (χ3v) is 3.07. The normalized spacial score (nSPS) is 11.9. The molecule has 5 N–H and O–H groups in total. The number of carbonyl (C=O) groups excluding carboxylic acids is 2. The summed E-state index contributed by atoms with van der Waals surface area (Å²) in [5.74, 6) is -1.02. The van der Waals surface area contributed by atoms with Gasteiger partial charge in [-0.2, -0.15) is 0 Å². The summed E-state index contributed by atoms with van der Waals surface area (Å²) < 4.78 is 0.955. The molecule has 0 aliphatic rings. The van der Waals surface area contributed by atoms with E-state index in [9.17, 15) is 9.59 Å². The van der Waals surface area contributed by atoms with Gasteiger partial charge in [0.1, 0.15) is 0 Å². The maximum Gasteiger partial charge on any atom is 0.241 e. The third-order valence-electron chi connectivity index (χ3n) is 2.18. The predicted molar refractivity (Wildman–Crippen MR) is 69.3 cm³/mol. The van der Waals surface area contributed by atoms with Crippen molar-refractivity contribution in [2.45, 2.75) is 19.4 Å². The maximum absolute atomic E-state index is 11.6. The Morgan fingerprint density at radius 3 is 2.65 bits per heavy atom. The first-order chi connectivity index (χ1) is 7.90. The molecule has 0 aliphatic carbocycles. The highest BCUT2D eigenvalue weighted by Crippen LogP contribution is 2.20. The molecule has 92 valence electrons. The van der Waals surface area contributed by atoms with Crippen LogP contribution in [0, 0.1) is 6.92 Å². The summed E-state index contributed by atoms with van der Waals surface area (Å²) >= 11 is 3.36. The number of hydrogen-bond donors (Lipinski definition) is 3. The van der Waals surface area contributed by atoms with E-state index < -0.39 is 17.9 Å². The average molecular weight is 300 g/mol. The monoisotopic (exact) mass is 299 g/mol. The smallest absolute Gasteiger partial charge is 0.241 e. The molecule has 1 unspecified atom stereocenters. The van der Waals surface area contributed by atoms with Crippen LogP contribution in [-0.4, -0.2) is 17.9 Å². The molecule has 5 nitrogen and oxygen atoms in total. The van der Waals surface area contributed by atoms with E-state index in [-0.39, 0.29) is 6.42 Å². The van der Waals surface area contributed by atoms with Crippen molar-refractivity contribution < 1.29 is 9.59 Å². The molecule has 0 saturated heterocycles. The highest BCUT2D eigenvalue weighted by Gasteiger charge is 2.16. The molecule has 0 bridgehead atoms. The fraction of sp³-hybridized carbons (Fsp3) is 0.273. The van der Waals surface area contributed by atoms with E-state index in [4.69, 9.17) is 11.5 Å². The minimum atomic E-state index is -0.920. The summed E-state index contributed by atoms with van der Waals surface area (Å²) in [5.41, 5.74) is 12.1. The molecule has 0 aromatic heterocycles. The van der Waals surface area contributed by atoms with E-state index in [0.29, 0.717) is 5.69 Å². The number of carbonyl (C=O) groups is 2. The van der Waals surface area contributed by atoms with Gasteiger partial charge in [0.25, 0.3) is 0 Å². The Morgan fingerprint density at radius 2 is 2.12 bits per heavy atom. The Kier molecular flexibility index (Phi) is 4.65. The first kappa shape index (κ1) is 13.7. The second-order valence-corrected chi connectivity index (χ2v) is 4.58. The fourth-order valence-corrected chi connectivity index (χ4v) is 1.51. The van der Waals surface area contributed by atoms with Crippen LogP contribution in [0.5, 0.6) is 0 Å². The lowest BCUT2D eigenvalue weighted by atomic mass is 10.2. The molecule has 1 atom stereocenters. The molecule has 0 spiro atoms. The van der Waals surface area contributed by atoms with Crippen LogP contribution >= 0.6 is 15.9 Å². The number of hydrogen-bond acceptors (Lipinski definition) is 3. The second-order valence-electron chi connectivity index (χ2n) is 3.73. The molecule has 0 aliphatic heterocycles. The highest BCUT2D eigenvalue weighted by molar-refractivity contribution is 9.10. The van der Waals surface area contributed by atoms with Crippen LogP contribution in [0.2, 0.25) is 0 Å². The van der Waals surface area contributed by atoms with E-state index in [0.717, 1.165) is 10.0 Å². The van der Waals surface area contributed by atoms with Crippen LogP contribution in [0.25, 0.3) is 0 Å². The third kappa shape index (κ3) is 4.16. The number of halogens is 1. The summed E-state index contributed by atoms with van der Waals surface area (Å²) in [6.07, 6.45) is -0.165. The number of anilines is 1. The van der Waals surface area contributed by atoms with Crippen molar-refractivity contribution in [3.8, 4) is 0 Å². The van der Waals surface area contributed by atoms with Gasteiger partial charge in [-0.05, 0) is 30.7 Å². The zero-order valence-electron chi connectivity index (χ0n) is 9.37. The lowest BCUT2D eigenvalue weighted by Gasteiger charge is -2.11. The Labute approximate surface area is 108 Å². The van der Waals surface area contributed by atoms with Crippen LogP contribution in [0.1, 0.15) is 12.0 Å². The molecule has 1 aromatic carbocycles. The van der Waals surface area contributed by atoms with Crippen molar-refractivity contribution in [3.63, 3.8) is 0 Å². The molecule has 0 fully saturated rings. The van der Waals surface area contributed by atoms with Gasteiger partial charge in [-0.1, -0.05) is 15.9 Å². The number of nitrogens with one attached hydrogen (secondary N) is 1. The molecule has 1 aromatic rings. The molecule has 0 heterocycles. The molecular weight excluding hydrogens is 286 g/mol. The number of benzene rings is 1. The van der Waals surface area contributed by atoms with Crippen molar-refractivity contribution in [3.05, 3.63) is 28.2 Å². The van der Waals surface area contributed by atoms with Gasteiger partial charge < -0.3 is 16.8 Å². The van der Waals surface area contributed by atoms with Crippen molar-refractivity contribution >= 4 is 33.4 Å². The van der Waals surface area contributed by atoms with Gasteiger partial charge in [0.2, 0.25) is 11.8 Å². The van der Waals surface area contributed by atoms with Crippen LogP contribution in [0.3, 0.4) is 0 Å². The molecule has 17 heavy (non-hydrogen) atoms. The number of primary amides is 1. The fourth-order valence-electron chi connectivity index (χ4n) is 1.27. The van der Waals surface area contributed by atoms with Gasteiger partial charge in [0.15, 0.2) is 0 Å². The van der Waals surface area contributed by atoms with Gasteiger partial charge >= 0.3 is 0 Å². The van der Waals surface area contributed by atoms with Gasteiger partial charge in [0, 0.05) is 10.2 Å². The van der Waals surface area contributed by atoms with Crippen LogP contribution in [-0.2, 0) is 9.59 Å². The van der Waals surface area contributed by atoms with Crippen LogP contribution in [0.15, 0.2) is 22.7 Å². The molecule has 6 heteroatoms. The molecule has 0 saturated carbocycles. The summed E-state index contributed by atoms with van der Waals surface area (Å²) in [6.45, 7) is 1.91. The minimum absolute atomic E-state index is 0.165. The maximum atomic E-state index is 11.6. The van der Waals surface area contributed by atoms with Crippen LogP contribution < -0.4 is 16.8 Å².